The van der Waals surface area contributed by atoms with Crippen molar-refractivity contribution in [2.45, 2.75) is 4.90 Å². The summed E-state index contributed by atoms with van der Waals surface area (Å²) < 4.78 is 4.63. The number of methoxy groups -OCH3 is 1. The summed E-state index contributed by atoms with van der Waals surface area (Å²) in [4.78, 5) is 16.8. The van der Waals surface area contributed by atoms with Crippen LogP contribution in [0.2, 0.25) is 5.02 Å². The zero-order chi connectivity index (χ0) is 14.0. The molecular formula is C12H10ClNO3S2. The molecule has 0 aliphatic carbocycles. The second-order valence-corrected chi connectivity index (χ2v) is 5.84. The number of halogens is 1. The molecule has 4 nitrogen and oxygen atoms in total. The van der Waals surface area contributed by atoms with E-state index in [2.05, 4.69) is 9.72 Å². The van der Waals surface area contributed by atoms with Gasteiger partial charge in [-0.1, -0.05) is 11.6 Å². The first-order valence-corrected chi connectivity index (χ1v) is 7.59. The third-order valence-corrected chi connectivity index (χ3v) is 4.35. The van der Waals surface area contributed by atoms with Gasteiger partial charge in [-0.25, -0.2) is 9.78 Å². The Morgan fingerprint density at radius 3 is 2.89 bits per heavy atom. The summed E-state index contributed by atoms with van der Waals surface area (Å²) in [6.45, 7) is 0. The van der Waals surface area contributed by atoms with Gasteiger partial charge in [0.15, 0.2) is 0 Å². The van der Waals surface area contributed by atoms with Gasteiger partial charge in [0.25, 0.3) is 0 Å². The maximum Gasteiger partial charge on any atom is 0.349 e. The Bertz CT molecular complexity index is 627. The third-order valence-electron chi connectivity index (χ3n) is 2.37. The van der Waals surface area contributed by atoms with Gasteiger partial charge in [0.1, 0.15) is 15.6 Å². The fourth-order valence-electron chi connectivity index (χ4n) is 1.53. The van der Waals surface area contributed by atoms with Crippen LogP contribution in [0, 0.1) is 0 Å². The van der Waals surface area contributed by atoms with Crippen LogP contribution >= 0.6 is 34.7 Å². The fraction of sp³-hybridized carbons (Fsp3) is 0.167. The van der Waals surface area contributed by atoms with E-state index in [0.29, 0.717) is 20.5 Å². The fourth-order valence-corrected chi connectivity index (χ4v) is 3.42. The number of ether oxygens (including phenoxy) is 1. The summed E-state index contributed by atoms with van der Waals surface area (Å²) in [5, 5.41) is 11.0. The number of carbonyl (C=O) groups is 1. The maximum absolute atomic E-state index is 11.4. The molecule has 1 heterocycles. The van der Waals surface area contributed by atoms with Crippen LogP contribution in [-0.2, 0) is 4.74 Å². The topological polar surface area (TPSA) is 59.4 Å². The van der Waals surface area contributed by atoms with Crippen molar-refractivity contribution in [1.82, 2.24) is 4.98 Å². The van der Waals surface area contributed by atoms with Crippen LogP contribution in [0.25, 0.3) is 10.6 Å². The number of thiazole rings is 1. The van der Waals surface area contributed by atoms with Crippen molar-refractivity contribution in [2.24, 2.45) is 0 Å². The van der Waals surface area contributed by atoms with Gasteiger partial charge in [-0.3, -0.25) is 0 Å². The zero-order valence-electron chi connectivity index (χ0n) is 10.1. The second-order valence-electron chi connectivity index (χ2n) is 3.52. The Hall–Kier alpha value is -1.24. The number of aromatic nitrogens is 1. The number of hydrogen-bond acceptors (Lipinski definition) is 6. The normalized spacial score (nSPS) is 10.5. The molecule has 0 aliphatic rings. The summed E-state index contributed by atoms with van der Waals surface area (Å²) in [5.74, 6) is -0.398. The van der Waals surface area contributed by atoms with Crippen LogP contribution in [0.1, 0.15) is 9.67 Å². The lowest BCUT2D eigenvalue weighted by molar-refractivity contribution is 0.0606. The number of carbonyl (C=O) groups excluding carboxylic acids is 1. The van der Waals surface area contributed by atoms with Crippen LogP contribution < -0.4 is 0 Å². The van der Waals surface area contributed by atoms with E-state index in [4.69, 9.17) is 11.6 Å². The first-order valence-electron chi connectivity index (χ1n) is 5.17. The van der Waals surface area contributed by atoms with Crippen LogP contribution in [-0.4, -0.2) is 29.4 Å². The highest BCUT2D eigenvalue weighted by molar-refractivity contribution is 7.98. The van der Waals surface area contributed by atoms with Gasteiger partial charge >= 0.3 is 5.97 Å². The van der Waals surface area contributed by atoms with Crippen molar-refractivity contribution in [3.05, 3.63) is 28.2 Å². The van der Waals surface area contributed by atoms with Crippen molar-refractivity contribution in [2.75, 3.05) is 13.4 Å². The van der Waals surface area contributed by atoms with Gasteiger partial charge in [0.2, 0.25) is 0 Å². The molecular weight excluding hydrogens is 306 g/mol. The molecule has 1 aromatic heterocycles. The zero-order valence-corrected chi connectivity index (χ0v) is 12.5. The lowest BCUT2D eigenvalue weighted by Gasteiger charge is -2.07. The van der Waals surface area contributed by atoms with Crippen molar-refractivity contribution >= 4 is 40.7 Å². The van der Waals surface area contributed by atoms with Gasteiger partial charge in [-0.15, -0.1) is 23.1 Å². The number of phenolic OH excluding ortho intramolecular Hbond substituents is 1. The van der Waals surface area contributed by atoms with Gasteiger partial charge in [0, 0.05) is 9.92 Å². The van der Waals surface area contributed by atoms with Gasteiger partial charge in [-0.2, -0.15) is 0 Å². The molecule has 0 aliphatic heterocycles. The lowest BCUT2D eigenvalue weighted by atomic mass is 10.2. The van der Waals surface area contributed by atoms with E-state index in [1.54, 1.807) is 6.07 Å². The Labute approximate surface area is 123 Å². The molecule has 1 aromatic carbocycles. The lowest BCUT2D eigenvalue weighted by Crippen LogP contribution is -1.96. The number of benzene rings is 1. The Balaban J connectivity index is 2.52. The van der Waals surface area contributed by atoms with Gasteiger partial charge in [-0.05, 0) is 18.4 Å². The highest BCUT2D eigenvalue weighted by Crippen LogP contribution is 2.41. The van der Waals surface area contributed by atoms with E-state index >= 15 is 0 Å². The summed E-state index contributed by atoms with van der Waals surface area (Å²) in [6, 6.07) is 3.20. The van der Waals surface area contributed by atoms with E-state index in [0.717, 1.165) is 4.90 Å². The molecule has 100 valence electrons. The van der Waals surface area contributed by atoms with E-state index < -0.39 is 5.97 Å². The molecule has 0 saturated heterocycles. The largest absolute Gasteiger partial charge is 0.507 e. The molecule has 0 spiro atoms. The molecule has 0 bridgehead atoms. The maximum atomic E-state index is 11.4. The molecule has 0 atom stereocenters. The first kappa shape index (κ1) is 14.2. The van der Waals surface area contributed by atoms with Crippen LogP contribution in [0.3, 0.4) is 0 Å². The van der Waals surface area contributed by atoms with Crippen molar-refractivity contribution in [3.63, 3.8) is 0 Å². The predicted octanol–water partition coefficient (Wildman–Crippen LogP) is 3.68. The predicted molar refractivity (Wildman–Crippen MR) is 77.3 cm³/mol. The average Bonchev–Trinajstić information content (AvgIpc) is 2.85. The molecule has 7 heteroatoms. The number of nitrogens with zero attached hydrogens (tertiary/aromatic N) is 1. The first-order chi connectivity index (χ1) is 9.06. The van der Waals surface area contributed by atoms with E-state index in [1.807, 2.05) is 6.26 Å². The number of esters is 1. The Morgan fingerprint density at radius 1 is 1.53 bits per heavy atom. The minimum Gasteiger partial charge on any atom is -0.507 e. The quantitative estimate of drug-likeness (QED) is 0.691. The van der Waals surface area contributed by atoms with Crippen molar-refractivity contribution < 1.29 is 14.6 Å². The highest BCUT2D eigenvalue weighted by atomic mass is 35.5. The molecule has 0 amide bonds. The van der Waals surface area contributed by atoms with Crippen molar-refractivity contribution in [3.8, 4) is 16.3 Å². The van der Waals surface area contributed by atoms with E-state index in [9.17, 15) is 9.90 Å². The smallest absolute Gasteiger partial charge is 0.349 e. The van der Waals surface area contributed by atoms with Crippen LogP contribution in [0.4, 0.5) is 0 Å². The SMILES string of the molecule is COC(=O)c1cnc(-c2c(O)cc(Cl)cc2SC)s1. The summed E-state index contributed by atoms with van der Waals surface area (Å²) in [5.41, 5.74) is 0.581. The molecule has 0 fully saturated rings. The Morgan fingerprint density at radius 2 is 2.26 bits per heavy atom. The minimum atomic E-state index is -0.442. The number of rotatable bonds is 3. The molecule has 0 radical (unpaired) electrons. The van der Waals surface area contributed by atoms with E-state index in [1.165, 1.54) is 42.5 Å². The van der Waals surface area contributed by atoms with Crippen molar-refractivity contribution in [1.29, 1.82) is 0 Å². The molecule has 19 heavy (non-hydrogen) atoms. The Kier molecular flexibility index (Phi) is 4.34. The number of phenols is 1. The monoisotopic (exact) mass is 315 g/mol. The van der Waals surface area contributed by atoms with Crippen LogP contribution in [0.5, 0.6) is 5.75 Å². The molecule has 0 saturated carbocycles. The minimum absolute atomic E-state index is 0.0441. The number of aromatic hydroxyl groups is 1. The highest BCUT2D eigenvalue weighted by Gasteiger charge is 2.18. The number of hydrogen-bond donors (Lipinski definition) is 1. The molecule has 0 unspecified atom stereocenters. The van der Waals surface area contributed by atoms with Crippen LogP contribution in [0.15, 0.2) is 23.2 Å². The standard InChI is InChI=1S/C12H10ClNO3S2/c1-17-12(16)9-5-14-11(19-9)10-7(15)3-6(13)4-8(10)18-2/h3-5,15H,1-2H3. The van der Waals surface area contributed by atoms with E-state index in [-0.39, 0.29) is 5.75 Å². The number of thioether (sulfide) groups is 1. The molecule has 2 aromatic rings. The summed E-state index contributed by atoms with van der Waals surface area (Å²) in [6.07, 6.45) is 3.31. The average molecular weight is 316 g/mol. The molecule has 1 N–H and O–H groups in total. The van der Waals surface area contributed by atoms with Gasteiger partial charge in [0.05, 0.1) is 18.9 Å². The van der Waals surface area contributed by atoms with Gasteiger partial charge < -0.3 is 9.84 Å². The third kappa shape index (κ3) is 2.86. The summed E-state index contributed by atoms with van der Waals surface area (Å²) >= 11 is 8.52. The molecule has 2 rings (SSSR count). The summed E-state index contributed by atoms with van der Waals surface area (Å²) in [7, 11) is 1.31. The second kappa shape index (κ2) is 5.81.